The van der Waals surface area contributed by atoms with Crippen LogP contribution in [0.15, 0.2) is 151 Å². The molecule has 0 radical (unpaired) electrons. The Morgan fingerprint density at radius 3 is 2.26 bits per heavy atom. The SMILES string of the molecule is C=C1c2c(c3c(n2-c2ccc(C4N=C(C5C=CC=CC5)c5ccccc5N4)cc2)C=CC(C2C=Cc4c(c5c(n4C4=CC=CCC4)CCC=C5)C2)C3)C=CC1C1=CCCC=C1. The third kappa shape index (κ3) is 6.13. The second kappa shape index (κ2) is 15.0. The molecule has 4 nitrogen and oxygen atoms in total. The smallest absolute Gasteiger partial charge is 0.145 e. The summed E-state index contributed by atoms with van der Waals surface area (Å²) in [6.45, 7) is 4.88. The lowest BCUT2D eigenvalue weighted by Gasteiger charge is -2.29. The van der Waals surface area contributed by atoms with E-state index in [2.05, 4.69) is 172 Å². The molecular formula is C57H52N4. The van der Waals surface area contributed by atoms with Gasteiger partial charge in [0.05, 0.1) is 11.4 Å². The Bertz CT molecular complexity index is 2840. The Hall–Kier alpha value is -6.39. The van der Waals surface area contributed by atoms with Crippen LogP contribution in [0.1, 0.15) is 101 Å². The van der Waals surface area contributed by atoms with Crippen LogP contribution in [0.2, 0.25) is 0 Å². The van der Waals surface area contributed by atoms with Crippen LogP contribution >= 0.6 is 0 Å². The van der Waals surface area contributed by atoms with E-state index in [1.54, 1.807) is 0 Å². The first-order valence-electron chi connectivity index (χ1n) is 22.7. The van der Waals surface area contributed by atoms with Gasteiger partial charge in [-0.2, -0.15) is 0 Å². The fourth-order valence-electron chi connectivity index (χ4n) is 11.4. The van der Waals surface area contributed by atoms with Gasteiger partial charge >= 0.3 is 0 Å². The molecule has 8 aliphatic rings. The molecule has 4 aromatic rings. The molecule has 12 rings (SSSR count). The summed E-state index contributed by atoms with van der Waals surface area (Å²) in [6.07, 6.45) is 52.0. The number of aliphatic imine (C=N–C) groups is 1. The third-order valence-electron chi connectivity index (χ3n) is 14.4. The minimum atomic E-state index is -0.156. The van der Waals surface area contributed by atoms with Gasteiger partial charge in [-0.15, -0.1) is 0 Å². The van der Waals surface area contributed by atoms with Crippen LogP contribution in [0.25, 0.3) is 41.3 Å². The zero-order chi connectivity index (χ0) is 40.4. The van der Waals surface area contributed by atoms with E-state index in [-0.39, 0.29) is 18.0 Å². The molecular weight excluding hydrogens is 741 g/mol. The summed E-state index contributed by atoms with van der Waals surface area (Å²) in [4.78, 5) is 5.39. The standard InChI is InChI=1S/C57H52N4/c1-37-45(38-15-5-2-6-16-38)31-32-47-50-36-42(41-27-33-53-49(35-41)46-21-12-14-24-52(46)60(53)43-19-9-4-10-20-43)28-34-54(50)61(56(37)47)44-29-25-40(26-30-44)57-58-51-23-13-11-22-48(51)55(59-57)39-17-7-3-8-18-39/h3-5,7-9,11-13,15-17,19,21-23,25-34,39,41-42,45,57-58H,1-2,6,10,14,18,20,24,35-36H2. The maximum absolute atomic E-state index is 5.39. The number of anilines is 1. The van der Waals surface area contributed by atoms with E-state index in [4.69, 9.17) is 11.6 Å². The fourth-order valence-corrected chi connectivity index (χ4v) is 11.4. The van der Waals surface area contributed by atoms with Crippen molar-refractivity contribution in [2.75, 3.05) is 5.32 Å². The molecule has 0 amide bonds. The van der Waals surface area contributed by atoms with Gasteiger partial charge in [-0.3, -0.25) is 4.99 Å². The first-order chi connectivity index (χ1) is 30.2. The number of hydrogen-bond acceptors (Lipinski definition) is 2. The van der Waals surface area contributed by atoms with Crippen LogP contribution in [-0.2, 0) is 19.3 Å². The molecule has 3 heterocycles. The van der Waals surface area contributed by atoms with Gasteiger partial charge in [-0.25, -0.2) is 0 Å². The second-order valence-corrected chi connectivity index (χ2v) is 17.9. The van der Waals surface area contributed by atoms with Crippen molar-refractivity contribution in [3.8, 4) is 5.69 Å². The van der Waals surface area contributed by atoms with Gasteiger partial charge in [0.2, 0.25) is 0 Å². The molecule has 61 heavy (non-hydrogen) atoms. The minimum absolute atomic E-state index is 0.156. The number of rotatable bonds is 6. The number of para-hydroxylation sites is 1. The van der Waals surface area contributed by atoms with Crippen LogP contribution in [0.5, 0.6) is 0 Å². The lowest BCUT2D eigenvalue weighted by Crippen LogP contribution is -2.25. The monoisotopic (exact) mass is 792 g/mol. The van der Waals surface area contributed by atoms with E-state index in [0.29, 0.717) is 11.8 Å². The summed E-state index contributed by atoms with van der Waals surface area (Å²) in [5.41, 5.74) is 21.1. The molecule has 5 unspecified atom stereocenters. The normalized spacial score (nSPS) is 25.2. The maximum atomic E-state index is 5.39. The average molecular weight is 793 g/mol. The Balaban J connectivity index is 0.902. The topological polar surface area (TPSA) is 34.2 Å². The Morgan fingerprint density at radius 1 is 0.672 bits per heavy atom. The largest absolute Gasteiger partial charge is 0.360 e. The number of fused-ring (bicyclic) bond motifs is 7. The van der Waals surface area contributed by atoms with Gasteiger partial charge < -0.3 is 14.5 Å². The van der Waals surface area contributed by atoms with Crippen LogP contribution in [0.3, 0.4) is 0 Å². The second-order valence-electron chi connectivity index (χ2n) is 17.9. The molecule has 300 valence electrons. The van der Waals surface area contributed by atoms with Gasteiger partial charge in [-0.1, -0.05) is 128 Å². The summed E-state index contributed by atoms with van der Waals surface area (Å²) in [5, 5.41) is 3.76. The molecule has 0 saturated carbocycles. The van der Waals surface area contributed by atoms with Crippen molar-refractivity contribution < 1.29 is 0 Å². The van der Waals surface area contributed by atoms with Crippen molar-refractivity contribution in [1.82, 2.24) is 9.13 Å². The summed E-state index contributed by atoms with van der Waals surface area (Å²) in [5.74, 6) is 1.29. The molecule has 2 aromatic carbocycles. The summed E-state index contributed by atoms with van der Waals surface area (Å²) in [7, 11) is 0. The van der Waals surface area contributed by atoms with E-state index < -0.39 is 0 Å². The highest BCUT2D eigenvalue weighted by Crippen LogP contribution is 2.47. The first kappa shape index (κ1) is 36.5. The fraction of sp³-hybridized carbons (Fsp3) is 0.246. The highest BCUT2D eigenvalue weighted by molar-refractivity contribution is 6.09. The molecule has 4 heteroatoms. The molecule has 0 saturated heterocycles. The summed E-state index contributed by atoms with van der Waals surface area (Å²) >= 11 is 0. The van der Waals surface area contributed by atoms with Gasteiger partial charge in [-0.05, 0) is 139 Å². The minimum Gasteiger partial charge on any atom is -0.360 e. The van der Waals surface area contributed by atoms with Crippen LogP contribution in [-0.4, -0.2) is 14.8 Å². The van der Waals surface area contributed by atoms with Crippen molar-refractivity contribution in [2.45, 2.75) is 64.0 Å². The van der Waals surface area contributed by atoms with Crippen molar-refractivity contribution >= 4 is 47.0 Å². The molecule has 0 spiro atoms. The number of allylic oxidation sites excluding steroid dienone is 17. The predicted molar refractivity (Wildman–Crippen MR) is 256 cm³/mol. The molecule has 7 aliphatic carbocycles. The molecule has 2 aromatic heterocycles. The van der Waals surface area contributed by atoms with Gasteiger partial charge in [0.25, 0.3) is 0 Å². The van der Waals surface area contributed by atoms with Crippen molar-refractivity contribution in [1.29, 1.82) is 0 Å². The molecule has 0 fully saturated rings. The number of aromatic nitrogens is 2. The van der Waals surface area contributed by atoms with Gasteiger partial charge in [0.15, 0.2) is 0 Å². The Labute approximate surface area is 360 Å². The van der Waals surface area contributed by atoms with Crippen LogP contribution in [0.4, 0.5) is 5.69 Å². The van der Waals surface area contributed by atoms with Gasteiger partial charge in [0.1, 0.15) is 6.17 Å². The Morgan fingerprint density at radius 2 is 1.48 bits per heavy atom. The average Bonchev–Trinajstić information content (AvgIpc) is 3.85. The summed E-state index contributed by atoms with van der Waals surface area (Å²) < 4.78 is 5.14. The molecule has 1 aliphatic heterocycles. The highest BCUT2D eigenvalue weighted by atomic mass is 15.1. The van der Waals surface area contributed by atoms with E-state index >= 15 is 0 Å². The number of nitrogens with zero attached hydrogens (tertiary/aromatic N) is 3. The quantitative estimate of drug-likeness (QED) is 0.207. The first-order valence-corrected chi connectivity index (χ1v) is 22.7. The number of benzene rings is 2. The van der Waals surface area contributed by atoms with E-state index in [0.717, 1.165) is 74.7 Å². The van der Waals surface area contributed by atoms with Crippen LogP contribution in [0, 0.1) is 23.7 Å². The Kier molecular flexibility index (Phi) is 8.94. The zero-order valence-electron chi connectivity index (χ0n) is 34.8. The van der Waals surface area contributed by atoms with Crippen molar-refractivity contribution in [3.63, 3.8) is 0 Å². The molecule has 0 bridgehead atoms. The number of hydrogen-bond donors (Lipinski definition) is 1. The van der Waals surface area contributed by atoms with E-state index in [1.165, 1.54) is 73.1 Å². The molecule has 5 atom stereocenters. The maximum Gasteiger partial charge on any atom is 0.145 e. The number of nitrogens with one attached hydrogen (secondary N) is 1. The predicted octanol–water partition coefficient (Wildman–Crippen LogP) is 13.5. The van der Waals surface area contributed by atoms with Crippen LogP contribution < -0.4 is 5.32 Å². The molecule has 1 N–H and O–H groups in total. The lowest BCUT2D eigenvalue weighted by molar-refractivity contribution is 0.464. The lowest BCUT2D eigenvalue weighted by atomic mass is 9.75. The van der Waals surface area contributed by atoms with E-state index in [1.807, 2.05) is 0 Å². The zero-order valence-corrected chi connectivity index (χ0v) is 34.8. The van der Waals surface area contributed by atoms with Crippen molar-refractivity contribution in [2.24, 2.45) is 28.7 Å². The third-order valence-corrected chi connectivity index (χ3v) is 14.4. The van der Waals surface area contributed by atoms with Crippen molar-refractivity contribution in [3.05, 3.63) is 202 Å². The highest BCUT2D eigenvalue weighted by Gasteiger charge is 2.36. The van der Waals surface area contributed by atoms with E-state index in [9.17, 15) is 0 Å². The summed E-state index contributed by atoms with van der Waals surface area (Å²) in [6, 6.07) is 17.8. The van der Waals surface area contributed by atoms with Gasteiger partial charge in [0, 0.05) is 57.1 Å².